The fraction of sp³-hybridized carbons (Fsp3) is 0.370. The Hall–Kier alpha value is -3.66. The molecule has 1 saturated carbocycles. The van der Waals surface area contributed by atoms with Gasteiger partial charge in [-0.3, -0.25) is 18.7 Å². The Morgan fingerprint density at radius 2 is 1.73 bits per heavy atom. The van der Waals surface area contributed by atoms with Crippen LogP contribution in [0.5, 0.6) is 0 Å². The standard InChI is InChI=1S/C27H30N6O3S/c1-31-24(28)23(25(35)32(2)27(31)36)21(34)16-37-26-30-29-22(33(26)19-12-4-3-5-13-19)15-18-11-8-10-17-9-6-7-14-20(17)18/h6-11,14,19H,3-5,12-13,15-16,28H2,1-2H3. The summed E-state index contributed by atoms with van der Waals surface area (Å²) in [5, 5.41) is 12.1. The molecule has 2 N–H and O–H groups in total. The summed E-state index contributed by atoms with van der Waals surface area (Å²) in [6.45, 7) is 0. The fourth-order valence-electron chi connectivity index (χ4n) is 5.17. The summed E-state index contributed by atoms with van der Waals surface area (Å²) >= 11 is 1.26. The maximum Gasteiger partial charge on any atom is 0.332 e. The van der Waals surface area contributed by atoms with E-state index in [1.54, 1.807) is 0 Å². The van der Waals surface area contributed by atoms with Crippen LogP contribution in [0, 0.1) is 0 Å². The minimum absolute atomic E-state index is 0.0310. The third-order valence-electron chi connectivity index (χ3n) is 7.22. The molecule has 9 nitrogen and oxygen atoms in total. The Morgan fingerprint density at radius 1 is 1.00 bits per heavy atom. The second-order valence-electron chi connectivity index (χ2n) is 9.55. The first-order chi connectivity index (χ1) is 17.9. The highest BCUT2D eigenvalue weighted by Crippen LogP contribution is 2.34. The van der Waals surface area contributed by atoms with Gasteiger partial charge in [0.1, 0.15) is 17.2 Å². The van der Waals surface area contributed by atoms with Crippen molar-refractivity contribution in [1.82, 2.24) is 23.9 Å². The maximum absolute atomic E-state index is 13.1. The Bertz CT molecular complexity index is 1590. The van der Waals surface area contributed by atoms with Gasteiger partial charge >= 0.3 is 5.69 Å². The van der Waals surface area contributed by atoms with Gasteiger partial charge in [-0.1, -0.05) is 73.5 Å². The molecule has 5 rings (SSSR count). The van der Waals surface area contributed by atoms with Crippen LogP contribution in [0.2, 0.25) is 0 Å². The molecule has 192 valence electrons. The van der Waals surface area contributed by atoms with Crippen LogP contribution < -0.4 is 17.0 Å². The van der Waals surface area contributed by atoms with Crippen LogP contribution in [-0.2, 0) is 20.5 Å². The molecule has 10 heteroatoms. The normalized spacial score (nSPS) is 14.3. The van der Waals surface area contributed by atoms with Crippen LogP contribution in [-0.4, -0.2) is 35.4 Å². The molecule has 1 fully saturated rings. The third-order valence-corrected chi connectivity index (χ3v) is 8.17. The van der Waals surface area contributed by atoms with Crippen molar-refractivity contribution in [3.05, 3.63) is 80.3 Å². The lowest BCUT2D eigenvalue weighted by molar-refractivity contribution is 0.102. The summed E-state index contributed by atoms with van der Waals surface area (Å²) in [4.78, 5) is 37.9. The Balaban J connectivity index is 1.46. The van der Waals surface area contributed by atoms with Gasteiger partial charge in [-0.05, 0) is 29.2 Å². The molecule has 0 atom stereocenters. The van der Waals surface area contributed by atoms with Crippen molar-refractivity contribution in [1.29, 1.82) is 0 Å². The highest BCUT2D eigenvalue weighted by molar-refractivity contribution is 7.99. The molecular formula is C27H30N6O3S. The van der Waals surface area contributed by atoms with E-state index in [1.807, 2.05) is 12.1 Å². The minimum atomic E-state index is -0.684. The number of hydrogen-bond donors (Lipinski definition) is 1. The number of carbonyl (C=O) groups excluding carboxylic acids is 1. The van der Waals surface area contributed by atoms with Crippen molar-refractivity contribution in [3.8, 4) is 0 Å². The van der Waals surface area contributed by atoms with Crippen molar-refractivity contribution in [3.63, 3.8) is 0 Å². The van der Waals surface area contributed by atoms with E-state index in [2.05, 4.69) is 45.1 Å². The first-order valence-corrected chi connectivity index (χ1v) is 13.5. The second kappa shape index (κ2) is 10.4. The number of rotatable bonds is 7. The van der Waals surface area contributed by atoms with Crippen LogP contribution in [0.4, 0.5) is 5.82 Å². The first-order valence-electron chi connectivity index (χ1n) is 12.5. The van der Waals surface area contributed by atoms with Gasteiger partial charge in [0.2, 0.25) is 0 Å². The van der Waals surface area contributed by atoms with E-state index in [0.717, 1.165) is 40.6 Å². The van der Waals surface area contributed by atoms with E-state index in [-0.39, 0.29) is 23.2 Å². The zero-order valence-corrected chi connectivity index (χ0v) is 21.8. The van der Waals surface area contributed by atoms with Crippen LogP contribution >= 0.6 is 11.8 Å². The first kappa shape index (κ1) is 25.0. The Kier molecular flexibility index (Phi) is 7.01. The average Bonchev–Trinajstić information content (AvgIpc) is 3.32. The highest BCUT2D eigenvalue weighted by Gasteiger charge is 2.26. The predicted octanol–water partition coefficient (Wildman–Crippen LogP) is 3.48. The molecule has 0 radical (unpaired) electrons. The van der Waals surface area contributed by atoms with E-state index >= 15 is 0 Å². The third kappa shape index (κ3) is 4.73. The summed E-state index contributed by atoms with van der Waals surface area (Å²) in [6.07, 6.45) is 6.21. The average molecular weight is 519 g/mol. The van der Waals surface area contributed by atoms with Crippen molar-refractivity contribution >= 4 is 34.1 Å². The number of benzene rings is 2. The second-order valence-corrected chi connectivity index (χ2v) is 10.5. The largest absolute Gasteiger partial charge is 0.384 e. The van der Waals surface area contributed by atoms with Crippen molar-refractivity contribution in [2.45, 2.75) is 49.7 Å². The molecule has 0 spiro atoms. The number of hydrogen-bond acceptors (Lipinski definition) is 7. The van der Waals surface area contributed by atoms with Gasteiger partial charge in [0.15, 0.2) is 10.9 Å². The Labute approximate surface area is 218 Å². The van der Waals surface area contributed by atoms with Crippen LogP contribution in [0.15, 0.2) is 57.2 Å². The van der Waals surface area contributed by atoms with Crippen molar-refractivity contribution in [2.24, 2.45) is 14.1 Å². The van der Waals surface area contributed by atoms with Gasteiger partial charge in [0.05, 0.1) is 5.75 Å². The van der Waals surface area contributed by atoms with E-state index in [0.29, 0.717) is 11.6 Å². The van der Waals surface area contributed by atoms with E-state index < -0.39 is 17.0 Å². The molecular weight excluding hydrogens is 488 g/mol. The lowest BCUT2D eigenvalue weighted by atomic mass is 9.95. The Morgan fingerprint density at radius 3 is 2.51 bits per heavy atom. The quantitative estimate of drug-likeness (QED) is 0.294. The molecule has 0 amide bonds. The van der Waals surface area contributed by atoms with Crippen molar-refractivity contribution in [2.75, 3.05) is 11.5 Å². The molecule has 0 saturated heterocycles. The van der Waals surface area contributed by atoms with Gasteiger partial charge in [-0.15, -0.1) is 10.2 Å². The number of ketones is 1. The van der Waals surface area contributed by atoms with Crippen molar-refractivity contribution < 1.29 is 4.79 Å². The van der Waals surface area contributed by atoms with Gasteiger partial charge < -0.3 is 10.3 Å². The number of nitrogens with zero attached hydrogens (tertiary/aromatic N) is 5. The number of fused-ring (bicyclic) bond motifs is 1. The smallest absolute Gasteiger partial charge is 0.332 e. The molecule has 2 aromatic carbocycles. The molecule has 0 unspecified atom stereocenters. The van der Waals surface area contributed by atoms with Crippen LogP contribution in [0.1, 0.15) is 59.9 Å². The van der Waals surface area contributed by atoms with Gasteiger partial charge in [0, 0.05) is 26.6 Å². The summed E-state index contributed by atoms with van der Waals surface area (Å²) < 4.78 is 4.22. The number of nitrogen functional groups attached to an aromatic ring is 1. The molecule has 1 aliphatic carbocycles. The summed E-state index contributed by atoms with van der Waals surface area (Å²) in [5.74, 6) is 0.281. The number of aromatic nitrogens is 5. The van der Waals surface area contributed by atoms with E-state index in [1.165, 1.54) is 48.6 Å². The lowest BCUT2D eigenvalue weighted by Gasteiger charge is -2.25. The number of carbonyl (C=O) groups is 1. The van der Waals surface area contributed by atoms with Gasteiger partial charge in [-0.2, -0.15) is 0 Å². The summed E-state index contributed by atoms with van der Waals surface area (Å²) in [5.41, 5.74) is 5.75. The molecule has 1 aliphatic rings. The van der Waals surface area contributed by atoms with Gasteiger partial charge in [0.25, 0.3) is 5.56 Å². The monoisotopic (exact) mass is 518 g/mol. The number of anilines is 1. The minimum Gasteiger partial charge on any atom is -0.384 e. The molecule has 0 aliphatic heterocycles. The molecule has 2 aromatic heterocycles. The lowest BCUT2D eigenvalue weighted by Crippen LogP contribution is -2.41. The predicted molar refractivity (Wildman–Crippen MR) is 145 cm³/mol. The topological polar surface area (TPSA) is 118 Å². The zero-order valence-electron chi connectivity index (χ0n) is 21.0. The summed E-state index contributed by atoms with van der Waals surface area (Å²) in [6, 6.07) is 14.9. The number of Topliss-reactive ketones (excluding diaryl/α,β-unsaturated/α-hetero) is 1. The number of thioether (sulfide) groups is 1. The molecule has 37 heavy (non-hydrogen) atoms. The maximum atomic E-state index is 13.1. The van der Waals surface area contributed by atoms with E-state index in [9.17, 15) is 14.4 Å². The van der Waals surface area contributed by atoms with Gasteiger partial charge in [-0.25, -0.2) is 4.79 Å². The SMILES string of the molecule is Cn1c(N)c(C(=O)CSc2nnc(Cc3cccc4ccccc34)n2C2CCCCC2)c(=O)n(C)c1=O. The molecule has 2 heterocycles. The summed E-state index contributed by atoms with van der Waals surface area (Å²) in [7, 11) is 2.79. The fourth-order valence-corrected chi connectivity index (χ4v) is 6.07. The van der Waals surface area contributed by atoms with Crippen LogP contribution in [0.25, 0.3) is 10.8 Å². The number of nitrogens with two attached hydrogens (primary N) is 1. The van der Waals surface area contributed by atoms with Crippen LogP contribution in [0.3, 0.4) is 0 Å². The molecule has 4 aromatic rings. The highest BCUT2D eigenvalue weighted by atomic mass is 32.2. The molecule has 0 bridgehead atoms. The zero-order chi connectivity index (χ0) is 26.1. The van der Waals surface area contributed by atoms with E-state index in [4.69, 9.17) is 5.73 Å².